The fraction of sp³-hybridized carbons (Fsp3) is 0.529. The number of fused-ring (bicyclic) bond motifs is 1. The van der Waals surface area contributed by atoms with Gasteiger partial charge in [-0.15, -0.1) is 10.2 Å². The molecular weight excluding hydrogens is 398 g/mol. The van der Waals surface area contributed by atoms with Gasteiger partial charge in [-0.2, -0.15) is 5.21 Å². The molecule has 0 spiro atoms. The van der Waals surface area contributed by atoms with Gasteiger partial charge in [0.25, 0.3) is 0 Å². The van der Waals surface area contributed by atoms with E-state index in [1.54, 1.807) is 4.90 Å². The molecule has 3 heterocycles. The number of hydrogen-bond donors (Lipinski definition) is 2. The maximum Gasteiger partial charge on any atom is 0.415 e. The zero-order valence-electron chi connectivity index (χ0n) is 15.8. The van der Waals surface area contributed by atoms with Gasteiger partial charge in [-0.05, 0) is 49.5 Å². The Labute approximate surface area is 171 Å². The number of ether oxygens (including phenoxy) is 1. The minimum Gasteiger partial charge on any atom is -0.449 e. The SMILES string of the molecule is CC(C)CN(C(=O)OCCCCCc1nn[nH]n1)c1ccc2[nH]c(=S)sc2n1. The predicted octanol–water partition coefficient (Wildman–Crippen LogP) is 3.88. The first-order valence-corrected chi connectivity index (χ1v) is 10.4. The highest BCUT2D eigenvalue weighted by atomic mass is 32.1. The Morgan fingerprint density at radius 1 is 1.32 bits per heavy atom. The topological polar surface area (TPSA) is 113 Å². The number of anilines is 1. The van der Waals surface area contributed by atoms with E-state index in [4.69, 9.17) is 17.0 Å². The van der Waals surface area contributed by atoms with Gasteiger partial charge in [-0.3, -0.25) is 4.90 Å². The maximum absolute atomic E-state index is 12.6. The van der Waals surface area contributed by atoms with E-state index in [0.717, 1.165) is 36.0 Å². The summed E-state index contributed by atoms with van der Waals surface area (Å²) in [5.41, 5.74) is 0.873. The van der Waals surface area contributed by atoms with Gasteiger partial charge < -0.3 is 9.72 Å². The van der Waals surface area contributed by atoms with Crippen LogP contribution in [0.3, 0.4) is 0 Å². The van der Waals surface area contributed by atoms with Crippen molar-refractivity contribution < 1.29 is 9.53 Å². The molecule has 0 saturated heterocycles. The second-order valence-corrected chi connectivity index (χ2v) is 8.46. The van der Waals surface area contributed by atoms with Gasteiger partial charge in [0.05, 0.1) is 12.1 Å². The second-order valence-electron chi connectivity index (χ2n) is 6.79. The Morgan fingerprint density at radius 3 is 2.93 bits per heavy atom. The molecule has 3 aromatic heterocycles. The number of nitrogens with one attached hydrogen (secondary N) is 2. The molecule has 2 N–H and O–H groups in total. The molecule has 150 valence electrons. The number of amides is 1. The molecule has 0 aliphatic carbocycles. The van der Waals surface area contributed by atoms with Crippen molar-refractivity contribution in [1.29, 1.82) is 0 Å². The molecular formula is C17H23N7O2S2. The molecule has 3 aromatic rings. The van der Waals surface area contributed by atoms with Gasteiger partial charge in [-0.25, -0.2) is 9.78 Å². The molecule has 1 amide bonds. The van der Waals surface area contributed by atoms with Crippen molar-refractivity contribution in [2.75, 3.05) is 18.1 Å². The van der Waals surface area contributed by atoms with Crippen LogP contribution < -0.4 is 4.90 Å². The van der Waals surface area contributed by atoms with E-state index >= 15 is 0 Å². The number of carbonyl (C=O) groups excluding carboxylic acids is 1. The lowest BCUT2D eigenvalue weighted by molar-refractivity contribution is 0.150. The highest BCUT2D eigenvalue weighted by Gasteiger charge is 2.20. The number of thiazole rings is 1. The molecule has 0 unspecified atom stereocenters. The first-order chi connectivity index (χ1) is 13.5. The zero-order chi connectivity index (χ0) is 19.9. The lowest BCUT2D eigenvalue weighted by Gasteiger charge is -2.23. The number of H-pyrrole nitrogens is 2. The molecule has 11 heteroatoms. The first-order valence-electron chi connectivity index (χ1n) is 9.19. The largest absolute Gasteiger partial charge is 0.449 e. The number of pyridine rings is 1. The van der Waals surface area contributed by atoms with Gasteiger partial charge in [0.2, 0.25) is 0 Å². The van der Waals surface area contributed by atoms with Gasteiger partial charge in [0.1, 0.15) is 10.6 Å². The van der Waals surface area contributed by atoms with Crippen LogP contribution in [-0.4, -0.2) is 49.8 Å². The van der Waals surface area contributed by atoms with E-state index in [9.17, 15) is 4.79 Å². The van der Waals surface area contributed by atoms with Crippen molar-refractivity contribution in [1.82, 2.24) is 30.6 Å². The van der Waals surface area contributed by atoms with Crippen LogP contribution in [0.25, 0.3) is 10.3 Å². The standard InChI is InChI=1S/C17H23N7O2S2/c1-11(2)10-24(14-8-7-12-15(19-14)28-16(27)18-12)17(25)26-9-5-3-4-6-13-20-22-23-21-13/h7-8,11H,3-6,9-10H2,1-2H3,(H,18,27)(H,20,21,22,23). The number of unbranched alkanes of at least 4 members (excludes halogenated alkanes) is 2. The summed E-state index contributed by atoms with van der Waals surface area (Å²) in [4.78, 5) is 22.7. The van der Waals surface area contributed by atoms with Gasteiger partial charge in [0, 0.05) is 13.0 Å². The Balaban J connectivity index is 1.54. The molecule has 0 atom stereocenters. The Hall–Kier alpha value is -2.40. The molecule has 0 bridgehead atoms. The number of tetrazole rings is 1. The lowest BCUT2D eigenvalue weighted by atomic mass is 10.2. The van der Waals surface area contributed by atoms with E-state index in [1.165, 1.54) is 11.3 Å². The van der Waals surface area contributed by atoms with Crippen molar-refractivity contribution in [3.05, 3.63) is 21.9 Å². The monoisotopic (exact) mass is 421 g/mol. The summed E-state index contributed by atoms with van der Waals surface area (Å²) in [6.45, 7) is 5.00. The average molecular weight is 422 g/mol. The number of hydrogen-bond acceptors (Lipinski definition) is 8. The van der Waals surface area contributed by atoms with E-state index < -0.39 is 0 Å². The maximum atomic E-state index is 12.6. The minimum absolute atomic E-state index is 0.282. The van der Waals surface area contributed by atoms with Gasteiger partial charge in [-0.1, -0.05) is 30.4 Å². The molecule has 0 radical (unpaired) electrons. The summed E-state index contributed by atoms with van der Waals surface area (Å²) in [5, 5.41) is 13.8. The number of carbonyl (C=O) groups is 1. The van der Waals surface area contributed by atoms with Crippen LogP contribution in [0, 0.1) is 9.87 Å². The summed E-state index contributed by atoms with van der Waals surface area (Å²) in [6, 6.07) is 3.71. The van der Waals surface area contributed by atoms with Crippen LogP contribution in [0.1, 0.15) is 38.9 Å². The first kappa shape index (κ1) is 20.3. The Kier molecular flexibility index (Phi) is 7.04. The number of rotatable bonds is 9. The van der Waals surface area contributed by atoms with E-state index in [2.05, 4.69) is 44.4 Å². The molecule has 3 rings (SSSR count). The van der Waals surface area contributed by atoms with Crippen molar-refractivity contribution in [2.45, 2.75) is 39.5 Å². The van der Waals surface area contributed by atoms with Crippen molar-refractivity contribution in [3.63, 3.8) is 0 Å². The van der Waals surface area contributed by atoms with Gasteiger partial charge >= 0.3 is 6.09 Å². The molecule has 0 saturated carbocycles. The van der Waals surface area contributed by atoms with E-state index in [1.807, 2.05) is 12.1 Å². The number of aryl methyl sites for hydroxylation is 1. The van der Waals surface area contributed by atoms with Crippen molar-refractivity contribution >= 4 is 45.8 Å². The second kappa shape index (κ2) is 9.69. The van der Waals surface area contributed by atoms with Crippen LogP contribution in [-0.2, 0) is 11.2 Å². The quantitative estimate of drug-likeness (QED) is 0.398. The van der Waals surface area contributed by atoms with E-state index in [0.29, 0.717) is 28.7 Å². The highest BCUT2D eigenvalue weighted by molar-refractivity contribution is 7.73. The summed E-state index contributed by atoms with van der Waals surface area (Å²) < 4.78 is 6.15. The zero-order valence-corrected chi connectivity index (χ0v) is 17.5. The van der Waals surface area contributed by atoms with E-state index in [-0.39, 0.29) is 12.0 Å². The molecule has 28 heavy (non-hydrogen) atoms. The summed E-state index contributed by atoms with van der Waals surface area (Å²) in [6.07, 6.45) is 3.01. The Morgan fingerprint density at radius 2 is 2.18 bits per heavy atom. The smallest absolute Gasteiger partial charge is 0.415 e. The minimum atomic E-state index is -0.377. The van der Waals surface area contributed by atoms with Gasteiger partial charge in [0.15, 0.2) is 9.78 Å². The summed E-state index contributed by atoms with van der Waals surface area (Å²) in [5.74, 6) is 1.56. The fourth-order valence-corrected chi connectivity index (χ4v) is 3.74. The Bertz CT molecular complexity index is 952. The molecule has 0 aliphatic rings. The summed E-state index contributed by atoms with van der Waals surface area (Å²) >= 11 is 6.56. The number of nitrogens with zero attached hydrogens (tertiary/aromatic N) is 5. The average Bonchev–Trinajstić information content (AvgIpc) is 3.30. The molecule has 0 aromatic carbocycles. The van der Waals surface area contributed by atoms with Crippen LogP contribution in [0.15, 0.2) is 12.1 Å². The lowest BCUT2D eigenvalue weighted by Crippen LogP contribution is -2.35. The highest BCUT2D eigenvalue weighted by Crippen LogP contribution is 2.22. The third-order valence-corrected chi connectivity index (χ3v) is 5.12. The van der Waals surface area contributed by atoms with Crippen LogP contribution in [0.4, 0.5) is 10.6 Å². The number of aromatic amines is 2. The predicted molar refractivity (Wildman–Crippen MR) is 110 cm³/mol. The third kappa shape index (κ3) is 5.55. The summed E-state index contributed by atoms with van der Waals surface area (Å²) in [7, 11) is 0. The molecule has 0 aliphatic heterocycles. The third-order valence-electron chi connectivity index (χ3n) is 3.98. The van der Waals surface area contributed by atoms with Crippen LogP contribution in [0.2, 0.25) is 0 Å². The van der Waals surface area contributed by atoms with Crippen LogP contribution >= 0.6 is 23.6 Å². The fourth-order valence-electron chi connectivity index (χ4n) is 2.69. The normalized spacial score (nSPS) is 11.2. The molecule has 0 fully saturated rings. The number of aromatic nitrogens is 6. The van der Waals surface area contributed by atoms with Crippen LogP contribution in [0.5, 0.6) is 0 Å². The van der Waals surface area contributed by atoms with Crippen molar-refractivity contribution in [2.24, 2.45) is 5.92 Å². The molecule has 9 nitrogen and oxygen atoms in total. The van der Waals surface area contributed by atoms with Crippen molar-refractivity contribution in [3.8, 4) is 0 Å².